The fourth-order valence-electron chi connectivity index (χ4n) is 0.868. The van der Waals surface area contributed by atoms with Gasteiger partial charge >= 0.3 is 0 Å². The monoisotopic (exact) mass is 336 g/mol. The summed E-state index contributed by atoms with van der Waals surface area (Å²) < 4.78 is 14.7. The summed E-state index contributed by atoms with van der Waals surface area (Å²) in [5, 5.41) is 0. The van der Waals surface area contributed by atoms with Crippen molar-refractivity contribution in [3.63, 3.8) is 0 Å². The molecule has 0 N–H and O–H groups in total. The van der Waals surface area contributed by atoms with Crippen molar-refractivity contribution in [2.45, 2.75) is 6.42 Å². The third-order valence-corrected chi connectivity index (χ3v) is 2.76. The van der Waals surface area contributed by atoms with E-state index in [1.165, 1.54) is 6.07 Å². The van der Waals surface area contributed by atoms with Crippen LogP contribution in [0.15, 0.2) is 21.1 Å². The Morgan fingerprint density at radius 3 is 2.64 bits per heavy atom. The van der Waals surface area contributed by atoms with Gasteiger partial charge in [0, 0.05) is 21.1 Å². The summed E-state index contributed by atoms with van der Waals surface area (Å²) in [7, 11) is 0. The standard InChI is InChI=1S/C10H7Br2FS/c11-7-5-9(12)8(10(13)6-7)3-1-2-4-14/h5-6,14H,2,4H2. The van der Waals surface area contributed by atoms with Crippen LogP contribution >= 0.6 is 44.5 Å². The molecule has 0 unspecified atom stereocenters. The predicted molar refractivity (Wildman–Crippen MR) is 67.1 cm³/mol. The fraction of sp³-hybridized carbons (Fsp3) is 0.200. The van der Waals surface area contributed by atoms with Crippen molar-refractivity contribution in [1.29, 1.82) is 0 Å². The molecule has 0 nitrogen and oxygen atoms in total. The van der Waals surface area contributed by atoms with E-state index in [2.05, 4.69) is 56.3 Å². The quantitative estimate of drug-likeness (QED) is 0.580. The highest BCUT2D eigenvalue weighted by Crippen LogP contribution is 2.24. The number of benzene rings is 1. The Morgan fingerprint density at radius 2 is 2.07 bits per heavy atom. The molecule has 0 saturated heterocycles. The second kappa shape index (κ2) is 5.79. The second-order valence-electron chi connectivity index (χ2n) is 2.52. The van der Waals surface area contributed by atoms with E-state index in [9.17, 15) is 4.39 Å². The van der Waals surface area contributed by atoms with Crippen LogP contribution in [0.25, 0.3) is 0 Å². The van der Waals surface area contributed by atoms with Crippen LogP contribution in [0.1, 0.15) is 12.0 Å². The zero-order valence-corrected chi connectivity index (χ0v) is 11.2. The summed E-state index contributed by atoms with van der Waals surface area (Å²) in [4.78, 5) is 0. The molecule has 0 amide bonds. The molecule has 0 aliphatic heterocycles. The highest BCUT2D eigenvalue weighted by atomic mass is 79.9. The third-order valence-electron chi connectivity index (χ3n) is 1.46. The van der Waals surface area contributed by atoms with Gasteiger partial charge in [0.2, 0.25) is 0 Å². The molecule has 0 aliphatic rings. The van der Waals surface area contributed by atoms with E-state index >= 15 is 0 Å². The molecule has 1 aromatic carbocycles. The lowest BCUT2D eigenvalue weighted by Crippen LogP contribution is -1.86. The van der Waals surface area contributed by atoms with Gasteiger partial charge in [-0.3, -0.25) is 0 Å². The lowest BCUT2D eigenvalue weighted by molar-refractivity contribution is 0.622. The van der Waals surface area contributed by atoms with Crippen LogP contribution in [-0.2, 0) is 0 Å². The lowest BCUT2D eigenvalue weighted by atomic mass is 10.2. The van der Waals surface area contributed by atoms with Crippen molar-refractivity contribution in [1.82, 2.24) is 0 Å². The highest BCUT2D eigenvalue weighted by molar-refractivity contribution is 9.11. The van der Waals surface area contributed by atoms with Gasteiger partial charge in [0.25, 0.3) is 0 Å². The second-order valence-corrected chi connectivity index (χ2v) is 4.74. The molecule has 74 valence electrons. The van der Waals surface area contributed by atoms with Crippen LogP contribution in [0.4, 0.5) is 4.39 Å². The smallest absolute Gasteiger partial charge is 0.141 e. The molecular weight excluding hydrogens is 331 g/mol. The van der Waals surface area contributed by atoms with Crippen molar-refractivity contribution in [2.75, 3.05) is 5.75 Å². The zero-order valence-electron chi connectivity index (χ0n) is 7.15. The van der Waals surface area contributed by atoms with Crippen LogP contribution in [-0.4, -0.2) is 5.75 Å². The van der Waals surface area contributed by atoms with Crippen molar-refractivity contribution >= 4 is 44.5 Å². The minimum Gasteiger partial charge on any atom is -0.206 e. The molecule has 0 bridgehead atoms. The number of thiol groups is 1. The van der Waals surface area contributed by atoms with Gasteiger partial charge < -0.3 is 0 Å². The maximum absolute atomic E-state index is 13.4. The Hall–Kier alpha value is 0.0200. The van der Waals surface area contributed by atoms with E-state index in [1.54, 1.807) is 6.07 Å². The molecule has 0 fully saturated rings. The Morgan fingerprint density at radius 1 is 1.36 bits per heavy atom. The van der Waals surface area contributed by atoms with Gasteiger partial charge in [0.1, 0.15) is 5.82 Å². The minimum atomic E-state index is -0.321. The molecule has 1 aromatic rings. The molecule has 0 heterocycles. The molecule has 0 atom stereocenters. The van der Waals surface area contributed by atoms with Crippen LogP contribution in [0.3, 0.4) is 0 Å². The Bertz CT molecular complexity index is 370. The Kier molecular flexibility index (Phi) is 5.00. The van der Waals surface area contributed by atoms with E-state index in [0.717, 1.165) is 0 Å². The molecule has 0 radical (unpaired) electrons. The molecule has 1 rings (SSSR count). The van der Waals surface area contributed by atoms with Gasteiger partial charge in [0.15, 0.2) is 0 Å². The summed E-state index contributed by atoms with van der Waals surface area (Å²) in [5.41, 5.74) is 0.398. The van der Waals surface area contributed by atoms with E-state index < -0.39 is 0 Å². The number of halogens is 3. The number of hydrogen-bond donors (Lipinski definition) is 1. The van der Waals surface area contributed by atoms with E-state index in [4.69, 9.17) is 0 Å². The van der Waals surface area contributed by atoms with Gasteiger partial charge in [-0.25, -0.2) is 4.39 Å². The first kappa shape index (κ1) is 12.1. The van der Waals surface area contributed by atoms with Crippen LogP contribution in [0.5, 0.6) is 0 Å². The van der Waals surface area contributed by atoms with Crippen LogP contribution in [0.2, 0.25) is 0 Å². The van der Waals surface area contributed by atoms with Gasteiger partial charge in [0.05, 0.1) is 5.56 Å². The maximum atomic E-state index is 13.4. The lowest BCUT2D eigenvalue weighted by Gasteiger charge is -1.99. The summed E-state index contributed by atoms with van der Waals surface area (Å²) >= 11 is 10.5. The summed E-state index contributed by atoms with van der Waals surface area (Å²) in [6.07, 6.45) is 0.658. The predicted octanol–water partition coefficient (Wildman–Crippen LogP) is 4.02. The largest absolute Gasteiger partial charge is 0.206 e. The summed E-state index contributed by atoms with van der Waals surface area (Å²) in [6, 6.07) is 3.17. The van der Waals surface area contributed by atoms with Gasteiger partial charge in [-0.15, -0.1) is 0 Å². The average Bonchev–Trinajstić information content (AvgIpc) is 2.09. The van der Waals surface area contributed by atoms with E-state index in [0.29, 0.717) is 26.7 Å². The first-order valence-corrected chi connectivity index (χ1v) is 6.11. The maximum Gasteiger partial charge on any atom is 0.141 e. The molecule has 0 aromatic heterocycles. The normalized spacial score (nSPS) is 9.43. The van der Waals surface area contributed by atoms with Crippen LogP contribution in [0, 0.1) is 17.7 Å². The van der Waals surface area contributed by atoms with Crippen LogP contribution < -0.4 is 0 Å². The van der Waals surface area contributed by atoms with Crippen molar-refractivity contribution in [3.8, 4) is 11.8 Å². The molecule has 0 saturated carbocycles. The molecular formula is C10H7Br2FS. The number of rotatable bonds is 1. The molecule has 4 heteroatoms. The van der Waals surface area contributed by atoms with Gasteiger partial charge in [-0.2, -0.15) is 12.6 Å². The molecule has 0 aliphatic carbocycles. The summed E-state index contributed by atoms with van der Waals surface area (Å²) in [6.45, 7) is 0. The molecule has 14 heavy (non-hydrogen) atoms. The highest BCUT2D eigenvalue weighted by Gasteiger charge is 2.05. The average molecular weight is 338 g/mol. The summed E-state index contributed by atoms with van der Waals surface area (Å²) in [5.74, 6) is 5.97. The SMILES string of the molecule is Fc1cc(Br)cc(Br)c1C#CCCS. The first-order valence-electron chi connectivity index (χ1n) is 3.89. The minimum absolute atomic E-state index is 0.321. The van der Waals surface area contributed by atoms with Gasteiger partial charge in [-0.1, -0.05) is 27.8 Å². The zero-order chi connectivity index (χ0) is 10.6. The molecule has 0 spiro atoms. The van der Waals surface area contributed by atoms with Crippen molar-refractivity contribution in [3.05, 3.63) is 32.5 Å². The first-order chi connectivity index (χ1) is 6.65. The van der Waals surface area contributed by atoms with E-state index in [-0.39, 0.29) is 5.82 Å². The fourth-order valence-corrected chi connectivity index (χ4v) is 2.25. The van der Waals surface area contributed by atoms with Crippen molar-refractivity contribution < 1.29 is 4.39 Å². The number of hydrogen-bond acceptors (Lipinski definition) is 1. The van der Waals surface area contributed by atoms with Gasteiger partial charge in [-0.05, 0) is 28.1 Å². The van der Waals surface area contributed by atoms with Crippen molar-refractivity contribution in [2.24, 2.45) is 0 Å². The Labute approximate surface area is 105 Å². The topological polar surface area (TPSA) is 0 Å². The third kappa shape index (κ3) is 3.30. The van der Waals surface area contributed by atoms with E-state index in [1.807, 2.05) is 0 Å². The Balaban J connectivity index is 3.04.